The van der Waals surface area contributed by atoms with Crippen molar-refractivity contribution in [1.29, 1.82) is 0 Å². The number of rotatable bonds is 4. The monoisotopic (exact) mass is 312 g/mol. The van der Waals surface area contributed by atoms with Gasteiger partial charge in [-0.3, -0.25) is 14.4 Å². The van der Waals surface area contributed by atoms with Crippen LogP contribution in [0.15, 0.2) is 0 Å². The normalized spacial score (nSPS) is 21.0. The molecule has 2 aliphatic rings. The highest BCUT2D eigenvalue weighted by Crippen LogP contribution is 2.13. The molecule has 2 rings (SSSR count). The van der Waals surface area contributed by atoms with E-state index in [1.54, 1.807) is 6.92 Å². The number of ether oxygens (including phenoxy) is 1. The number of urea groups is 1. The molecule has 0 unspecified atom stereocenters. The summed E-state index contributed by atoms with van der Waals surface area (Å²) in [5, 5.41) is 5.13. The van der Waals surface area contributed by atoms with Gasteiger partial charge < -0.3 is 25.2 Å². The number of esters is 1. The van der Waals surface area contributed by atoms with Crippen molar-refractivity contribution in [3.8, 4) is 0 Å². The minimum Gasteiger partial charge on any atom is -0.466 e. The molecule has 22 heavy (non-hydrogen) atoms. The van der Waals surface area contributed by atoms with Crippen LogP contribution in [0.1, 0.15) is 13.3 Å². The van der Waals surface area contributed by atoms with Crippen molar-refractivity contribution in [3.05, 3.63) is 0 Å². The van der Waals surface area contributed by atoms with Gasteiger partial charge in [0.25, 0.3) is 0 Å². The van der Waals surface area contributed by atoms with Crippen molar-refractivity contribution in [2.24, 2.45) is 0 Å². The molecule has 0 aromatic heterocycles. The van der Waals surface area contributed by atoms with Crippen LogP contribution >= 0.6 is 0 Å². The fraction of sp³-hybridized carbons (Fsp3) is 0.692. The van der Waals surface area contributed by atoms with Gasteiger partial charge in [0.05, 0.1) is 26.1 Å². The lowest BCUT2D eigenvalue weighted by Crippen LogP contribution is -2.67. The molecule has 9 heteroatoms. The Hall–Kier alpha value is -2.32. The van der Waals surface area contributed by atoms with Gasteiger partial charge in [0.15, 0.2) is 0 Å². The maximum atomic E-state index is 12.0. The first-order valence-corrected chi connectivity index (χ1v) is 7.28. The number of piperazine rings is 2. The lowest BCUT2D eigenvalue weighted by molar-refractivity contribution is -0.148. The lowest BCUT2D eigenvalue weighted by Gasteiger charge is -2.42. The zero-order valence-corrected chi connectivity index (χ0v) is 12.5. The molecule has 2 N–H and O–H groups in total. The number of carbonyl (C=O) groups excluding carboxylic acids is 4. The van der Waals surface area contributed by atoms with Gasteiger partial charge in [-0.1, -0.05) is 0 Å². The third-order valence-corrected chi connectivity index (χ3v) is 3.62. The molecule has 2 aliphatic heterocycles. The fourth-order valence-electron chi connectivity index (χ4n) is 2.49. The largest absolute Gasteiger partial charge is 0.466 e. The number of carbonyl (C=O) groups is 4. The molecule has 0 aromatic carbocycles. The summed E-state index contributed by atoms with van der Waals surface area (Å²) in [6.07, 6.45) is 0.0992. The maximum Gasteiger partial charge on any atom is 0.317 e. The van der Waals surface area contributed by atoms with Crippen molar-refractivity contribution < 1.29 is 23.9 Å². The van der Waals surface area contributed by atoms with Gasteiger partial charge in [-0.15, -0.1) is 0 Å². The van der Waals surface area contributed by atoms with Crippen LogP contribution in [0.4, 0.5) is 4.79 Å². The quantitative estimate of drug-likeness (QED) is 0.601. The Bertz CT molecular complexity index is 481. The zero-order chi connectivity index (χ0) is 16.1. The van der Waals surface area contributed by atoms with E-state index in [-0.39, 0.29) is 49.9 Å². The summed E-state index contributed by atoms with van der Waals surface area (Å²) in [5.74, 6) is -0.750. The summed E-state index contributed by atoms with van der Waals surface area (Å²) in [6, 6.07) is -0.986. The Morgan fingerprint density at radius 1 is 1.36 bits per heavy atom. The summed E-state index contributed by atoms with van der Waals surface area (Å²) in [7, 11) is 0. The van der Waals surface area contributed by atoms with E-state index in [1.165, 1.54) is 9.80 Å². The first-order chi connectivity index (χ1) is 10.5. The molecule has 2 saturated heterocycles. The molecular formula is C13H20N4O5. The molecule has 9 nitrogen and oxygen atoms in total. The third kappa shape index (κ3) is 3.66. The van der Waals surface area contributed by atoms with E-state index in [0.717, 1.165) is 0 Å². The summed E-state index contributed by atoms with van der Waals surface area (Å²) in [5.41, 5.74) is 0. The Morgan fingerprint density at radius 2 is 2.14 bits per heavy atom. The van der Waals surface area contributed by atoms with Crippen LogP contribution in [0.3, 0.4) is 0 Å². The first kappa shape index (κ1) is 16.1. The molecule has 1 atom stereocenters. The van der Waals surface area contributed by atoms with Crippen LogP contribution in [0.2, 0.25) is 0 Å². The highest BCUT2D eigenvalue weighted by Gasteiger charge is 2.39. The molecule has 122 valence electrons. The van der Waals surface area contributed by atoms with Crippen molar-refractivity contribution in [3.63, 3.8) is 0 Å². The van der Waals surface area contributed by atoms with Crippen molar-refractivity contribution >= 4 is 23.8 Å². The zero-order valence-electron chi connectivity index (χ0n) is 12.5. The highest BCUT2D eigenvalue weighted by atomic mass is 16.5. The van der Waals surface area contributed by atoms with Crippen LogP contribution in [-0.2, 0) is 19.1 Å². The van der Waals surface area contributed by atoms with E-state index in [1.807, 2.05) is 0 Å². The number of hydrogen-bond donors (Lipinski definition) is 2. The summed E-state index contributed by atoms with van der Waals surface area (Å²) in [4.78, 5) is 49.7. The Kier molecular flexibility index (Phi) is 5.18. The van der Waals surface area contributed by atoms with Crippen molar-refractivity contribution in [2.75, 3.05) is 39.3 Å². The third-order valence-electron chi connectivity index (χ3n) is 3.62. The van der Waals surface area contributed by atoms with E-state index >= 15 is 0 Å². The molecule has 0 aromatic rings. The SMILES string of the molecule is CCOC(=O)CCNC(=O)N1CCN2C(=O)CNC(=O)[C@H]2C1. The van der Waals surface area contributed by atoms with E-state index in [0.29, 0.717) is 19.7 Å². The average Bonchev–Trinajstić information content (AvgIpc) is 2.51. The smallest absolute Gasteiger partial charge is 0.317 e. The number of amides is 4. The van der Waals surface area contributed by atoms with Gasteiger partial charge in [0.1, 0.15) is 6.04 Å². The first-order valence-electron chi connectivity index (χ1n) is 7.28. The molecular weight excluding hydrogens is 292 g/mol. The minimum atomic E-state index is -0.634. The van der Waals surface area contributed by atoms with Crippen molar-refractivity contribution in [2.45, 2.75) is 19.4 Å². The molecule has 0 aliphatic carbocycles. The van der Waals surface area contributed by atoms with Gasteiger partial charge in [0.2, 0.25) is 11.8 Å². The predicted molar refractivity (Wildman–Crippen MR) is 74.7 cm³/mol. The van der Waals surface area contributed by atoms with Crippen LogP contribution in [0.5, 0.6) is 0 Å². The number of fused-ring (bicyclic) bond motifs is 1. The van der Waals surface area contributed by atoms with E-state index in [2.05, 4.69) is 10.6 Å². The van der Waals surface area contributed by atoms with Crippen LogP contribution in [0.25, 0.3) is 0 Å². The van der Waals surface area contributed by atoms with Gasteiger partial charge in [-0.05, 0) is 6.92 Å². The molecule has 0 spiro atoms. The highest BCUT2D eigenvalue weighted by molar-refractivity contribution is 5.95. The van der Waals surface area contributed by atoms with Gasteiger partial charge in [-0.25, -0.2) is 4.79 Å². The number of hydrogen-bond acceptors (Lipinski definition) is 5. The van der Waals surface area contributed by atoms with E-state index in [9.17, 15) is 19.2 Å². The average molecular weight is 312 g/mol. The summed E-state index contributed by atoms with van der Waals surface area (Å²) < 4.78 is 4.76. The molecule has 2 heterocycles. The fourth-order valence-corrected chi connectivity index (χ4v) is 2.49. The summed E-state index contributed by atoms with van der Waals surface area (Å²) in [6.45, 7) is 3.06. The Morgan fingerprint density at radius 3 is 2.86 bits per heavy atom. The van der Waals surface area contributed by atoms with Gasteiger partial charge in [-0.2, -0.15) is 0 Å². The second-order valence-corrected chi connectivity index (χ2v) is 5.05. The Balaban J connectivity index is 1.81. The number of nitrogens with one attached hydrogen (secondary N) is 2. The predicted octanol–water partition coefficient (Wildman–Crippen LogP) is -1.71. The maximum absolute atomic E-state index is 12.0. The molecule has 0 radical (unpaired) electrons. The van der Waals surface area contributed by atoms with Crippen LogP contribution < -0.4 is 10.6 Å². The van der Waals surface area contributed by atoms with Crippen molar-refractivity contribution in [1.82, 2.24) is 20.4 Å². The number of nitrogens with zero attached hydrogens (tertiary/aromatic N) is 2. The second kappa shape index (κ2) is 7.10. The Labute approximate surface area is 127 Å². The molecule has 2 fully saturated rings. The topological polar surface area (TPSA) is 108 Å². The lowest BCUT2D eigenvalue weighted by atomic mass is 10.1. The molecule has 0 saturated carbocycles. The van der Waals surface area contributed by atoms with Crippen LogP contribution in [-0.4, -0.2) is 79.0 Å². The minimum absolute atomic E-state index is 0.0150. The van der Waals surface area contributed by atoms with Crippen LogP contribution in [0, 0.1) is 0 Å². The molecule has 0 bridgehead atoms. The van der Waals surface area contributed by atoms with Gasteiger partial charge in [0, 0.05) is 19.6 Å². The molecule has 4 amide bonds. The second-order valence-electron chi connectivity index (χ2n) is 5.05. The van der Waals surface area contributed by atoms with Gasteiger partial charge >= 0.3 is 12.0 Å². The standard InChI is InChI=1S/C13H20N4O5/c1-2-22-11(19)3-4-14-13(21)16-5-6-17-9(8-16)12(20)15-7-10(17)18/h9H,2-8H2,1H3,(H,14,21)(H,15,20)/t9-/m1/s1. The summed E-state index contributed by atoms with van der Waals surface area (Å²) >= 11 is 0. The van der Waals surface area contributed by atoms with E-state index in [4.69, 9.17) is 4.74 Å². The van der Waals surface area contributed by atoms with E-state index < -0.39 is 6.04 Å².